The second-order valence-electron chi connectivity index (χ2n) is 4.98. The second kappa shape index (κ2) is 7.32. The lowest BCUT2D eigenvalue weighted by Gasteiger charge is -2.14. The molecule has 0 bridgehead atoms. The Hall–Kier alpha value is -0.990. The minimum Gasteiger partial charge on any atom is -0.506 e. The number of hydrogen-bond donors (Lipinski definition) is 2. The van der Waals surface area contributed by atoms with Crippen molar-refractivity contribution in [3.05, 3.63) is 59.8 Å². The van der Waals surface area contributed by atoms with Gasteiger partial charge in [0.2, 0.25) is 0 Å². The first-order valence-electron chi connectivity index (χ1n) is 6.73. The zero-order valence-electron chi connectivity index (χ0n) is 12.2. The monoisotopic (exact) mass is 520 g/mol. The number of nitrogens with zero attached hydrogens (tertiary/aromatic N) is 1. The molecule has 1 amide bonds. The summed E-state index contributed by atoms with van der Waals surface area (Å²) in [5.41, 5.74) is 0.917. The van der Waals surface area contributed by atoms with E-state index in [-0.39, 0.29) is 16.8 Å². The van der Waals surface area contributed by atoms with Crippen LogP contribution in [0.25, 0.3) is 6.08 Å². The predicted molar refractivity (Wildman–Crippen MR) is 111 cm³/mol. The van der Waals surface area contributed by atoms with Crippen molar-refractivity contribution in [2.75, 3.05) is 4.90 Å². The van der Waals surface area contributed by atoms with Gasteiger partial charge in [0, 0.05) is 10.0 Å². The molecule has 1 aliphatic heterocycles. The standard InChI is InChI=1S/C16H8Br2Cl2N2O2S/c17-8-3-7(14(23)10(18)5-8)4-13-15(24)22(16(21)25-13)9-1-2-11(19)12(20)6-9/h1-6,21,23H/b13-4-,21-16?. The molecule has 0 unspecified atom stereocenters. The molecule has 9 heteroatoms. The molecule has 0 atom stereocenters. The predicted octanol–water partition coefficient (Wildman–Crippen LogP) is 6.28. The van der Waals surface area contributed by atoms with E-state index in [2.05, 4.69) is 31.9 Å². The minimum absolute atomic E-state index is 0.0172. The molecule has 1 saturated heterocycles. The van der Waals surface area contributed by atoms with Crippen molar-refractivity contribution in [3.8, 4) is 5.75 Å². The van der Waals surface area contributed by atoms with Crippen LogP contribution in [0.3, 0.4) is 0 Å². The third kappa shape index (κ3) is 3.75. The van der Waals surface area contributed by atoms with Crippen molar-refractivity contribution in [2.45, 2.75) is 0 Å². The zero-order chi connectivity index (χ0) is 18.3. The molecule has 128 valence electrons. The summed E-state index contributed by atoms with van der Waals surface area (Å²) in [6.45, 7) is 0. The van der Waals surface area contributed by atoms with Gasteiger partial charge in [-0.1, -0.05) is 39.1 Å². The van der Waals surface area contributed by atoms with E-state index < -0.39 is 0 Å². The van der Waals surface area contributed by atoms with Gasteiger partial charge in [0.15, 0.2) is 5.17 Å². The smallest absolute Gasteiger partial charge is 0.271 e. The highest BCUT2D eigenvalue weighted by molar-refractivity contribution is 9.11. The van der Waals surface area contributed by atoms with Crippen LogP contribution < -0.4 is 4.90 Å². The molecule has 2 aromatic rings. The number of rotatable bonds is 2. The molecule has 3 rings (SSSR count). The van der Waals surface area contributed by atoms with Crippen LogP contribution in [0.2, 0.25) is 10.0 Å². The number of phenols is 1. The summed E-state index contributed by atoms with van der Waals surface area (Å²) < 4.78 is 1.25. The van der Waals surface area contributed by atoms with Gasteiger partial charge in [-0.05, 0) is 64.1 Å². The van der Waals surface area contributed by atoms with E-state index in [1.807, 2.05) is 0 Å². The van der Waals surface area contributed by atoms with Gasteiger partial charge >= 0.3 is 0 Å². The number of amides is 1. The van der Waals surface area contributed by atoms with Crippen LogP contribution in [0.1, 0.15) is 5.56 Å². The number of carbonyl (C=O) groups excluding carboxylic acids is 1. The number of halogens is 4. The number of thioether (sulfide) groups is 1. The topological polar surface area (TPSA) is 64.4 Å². The number of nitrogens with one attached hydrogen (secondary N) is 1. The summed E-state index contributed by atoms with van der Waals surface area (Å²) in [7, 11) is 0. The number of amidine groups is 1. The largest absolute Gasteiger partial charge is 0.506 e. The molecule has 1 heterocycles. The highest BCUT2D eigenvalue weighted by Crippen LogP contribution is 2.39. The normalized spacial score (nSPS) is 16.2. The van der Waals surface area contributed by atoms with Crippen molar-refractivity contribution in [1.82, 2.24) is 0 Å². The zero-order valence-corrected chi connectivity index (χ0v) is 17.7. The van der Waals surface area contributed by atoms with Crippen LogP contribution in [-0.2, 0) is 4.79 Å². The average Bonchev–Trinajstić information content (AvgIpc) is 2.81. The highest BCUT2D eigenvalue weighted by Gasteiger charge is 2.34. The first kappa shape index (κ1) is 18.8. The quantitative estimate of drug-likeness (QED) is 0.456. The number of carbonyl (C=O) groups is 1. The minimum atomic E-state index is -0.371. The van der Waals surface area contributed by atoms with Gasteiger partial charge in [-0.15, -0.1) is 0 Å². The Bertz CT molecular complexity index is 950. The molecule has 0 saturated carbocycles. The Balaban J connectivity index is 2.00. The summed E-state index contributed by atoms with van der Waals surface area (Å²) >= 11 is 19.5. The van der Waals surface area contributed by atoms with Gasteiger partial charge < -0.3 is 5.11 Å². The van der Waals surface area contributed by atoms with Crippen molar-refractivity contribution < 1.29 is 9.90 Å². The lowest BCUT2D eigenvalue weighted by Crippen LogP contribution is -2.28. The summed E-state index contributed by atoms with van der Waals surface area (Å²) in [4.78, 5) is 14.3. The summed E-state index contributed by atoms with van der Waals surface area (Å²) in [5.74, 6) is -0.354. The fourth-order valence-corrected chi connectivity index (χ4v) is 4.59. The number of benzene rings is 2. The van der Waals surface area contributed by atoms with Gasteiger partial charge in [0.1, 0.15) is 5.75 Å². The van der Waals surface area contributed by atoms with Gasteiger partial charge in [-0.2, -0.15) is 0 Å². The number of hydrogen-bond acceptors (Lipinski definition) is 4. The molecule has 2 N–H and O–H groups in total. The highest BCUT2D eigenvalue weighted by atomic mass is 79.9. The van der Waals surface area contributed by atoms with E-state index in [0.717, 1.165) is 16.2 Å². The molecule has 25 heavy (non-hydrogen) atoms. The van der Waals surface area contributed by atoms with Crippen LogP contribution >= 0.6 is 66.8 Å². The molecule has 0 aromatic heterocycles. The fourth-order valence-electron chi connectivity index (χ4n) is 2.18. The molecule has 4 nitrogen and oxygen atoms in total. The van der Waals surface area contributed by atoms with E-state index in [0.29, 0.717) is 30.7 Å². The van der Waals surface area contributed by atoms with Crippen molar-refractivity contribution >= 4 is 89.7 Å². The fraction of sp³-hybridized carbons (Fsp3) is 0. The van der Waals surface area contributed by atoms with E-state index in [1.54, 1.807) is 30.3 Å². The lowest BCUT2D eigenvalue weighted by molar-refractivity contribution is -0.113. The van der Waals surface area contributed by atoms with Crippen LogP contribution in [-0.4, -0.2) is 16.2 Å². The Morgan fingerprint density at radius 2 is 1.88 bits per heavy atom. The average molecular weight is 523 g/mol. The molecular weight excluding hydrogens is 515 g/mol. The van der Waals surface area contributed by atoms with Crippen LogP contribution in [0.4, 0.5) is 5.69 Å². The van der Waals surface area contributed by atoms with E-state index in [9.17, 15) is 9.90 Å². The van der Waals surface area contributed by atoms with Crippen LogP contribution in [0.5, 0.6) is 5.75 Å². The molecule has 1 aliphatic rings. The summed E-state index contributed by atoms with van der Waals surface area (Å²) in [5, 5.41) is 19.0. The summed E-state index contributed by atoms with van der Waals surface area (Å²) in [6, 6.07) is 8.12. The lowest BCUT2D eigenvalue weighted by atomic mass is 10.2. The van der Waals surface area contributed by atoms with Crippen LogP contribution in [0, 0.1) is 5.41 Å². The first-order chi connectivity index (χ1) is 11.8. The van der Waals surface area contributed by atoms with Gasteiger partial charge in [-0.25, -0.2) is 0 Å². The third-order valence-corrected chi connectivity index (χ3v) is 6.02. The Morgan fingerprint density at radius 1 is 1.16 bits per heavy atom. The molecule has 0 aliphatic carbocycles. The molecule has 2 aromatic carbocycles. The summed E-state index contributed by atoms with van der Waals surface area (Å²) in [6.07, 6.45) is 1.55. The van der Waals surface area contributed by atoms with Gasteiger partial charge in [0.05, 0.1) is 25.1 Å². The molecule has 1 fully saturated rings. The number of aromatic hydroxyl groups is 1. The van der Waals surface area contributed by atoms with E-state index in [1.165, 1.54) is 11.0 Å². The second-order valence-corrected chi connectivity index (χ2v) is 8.60. The Kier molecular flexibility index (Phi) is 5.51. The first-order valence-corrected chi connectivity index (χ1v) is 9.89. The maximum atomic E-state index is 12.7. The number of anilines is 1. The molecule has 0 radical (unpaired) electrons. The Labute approximate surface area is 174 Å². The van der Waals surface area contributed by atoms with Gasteiger partial charge in [-0.3, -0.25) is 15.1 Å². The van der Waals surface area contributed by atoms with Crippen molar-refractivity contribution in [1.29, 1.82) is 5.41 Å². The van der Waals surface area contributed by atoms with Crippen molar-refractivity contribution in [3.63, 3.8) is 0 Å². The Morgan fingerprint density at radius 3 is 2.56 bits per heavy atom. The SMILES string of the molecule is N=C1S/C(=C\c2cc(Br)cc(Br)c2O)C(=O)N1c1ccc(Cl)c(Cl)c1. The maximum absolute atomic E-state index is 12.7. The van der Waals surface area contributed by atoms with E-state index >= 15 is 0 Å². The van der Waals surface area contributed by atoms with Crippen LogP contribution in [0.15, 0.2) is 44.2 Å². The maximum Gasteiger partial charge on any atom is 0.271 e. The molecular formula is C16H8Br2Cl2N2O2S. The van der Waals surface area contributed by atoms with Gasteiger partial charge in [0.25, 0.3) is 5.91 Å². The number of phenolic OH excluding ortho intramolecular Hbond substituents is 1. The van der Waals surface area contributed by atoms with E-state index in [4.69, 9.17) is 28.6 Å². The third-order valence-electron chi connectivity index (χ3n) is 3.33. The molecule has 0 spiro atoms. The van der Waals surface area contributed by atoms with Crippen molar-refractivity contribution in [2.24, 2.45) is 0 Å².